The molecule has 0 bridgehead atoms. The van der Waals surface area contributed by atoms with Gasteiger partial charge in [0.2, 0.25) is 10.0 Å². The molecular weight excluding hydrogens is 284 g/mol. The summed E-state index contributed by atoms with van der Waals surface area (Å²) < 4.78 is 27.1. The van der Waals surface area contributed by atoms with Gasteiger partial charge in [-0.25, -0.2) is 8.42 Å². The summed E-state index contributed by atoms with van der Waals surface area (Å²) in [5.41, 5.74) is 2.00. The molecule has 0 saturated carbocycles. The van der Waals surface area contributed by atoms with Gasteiger partial charge in [-0.05, 0) is 37.4 Å². The number of piperidine rings is 1. The highest BCUT2D eigenvalue weighted by atomic mass is 32.2. The van der Waals surface area contributed by atoms with E-state index >= 15 is 0 Å². The van der Waals surface area contributed by atoms with E-state index in [1.165, 1.54) is 0 Å². The molecule has 0 aromatic heterocycles. The maximum Gasteiger partial charge on any atom is 0.218 e. The summed E-state index contributed by atoms with van der Waals surface area (Å²) in [6, 6.07) is 8.03. The number of hydrogen-bond acceptors (Lipinski definition) is 3. The Morgan fingerprint density at radius 2 is 2.05 bits per heavy atom. The van der Waals surface area contributed by atoms with Crippen LogP contribution >= 0.6 is 0 Å². The molecule has 4 nitrogen and oxygen atoms in total. The summed E-state index contributed by atoms with van der Waals surface area (Å²) in [4.78, 5) is 0. The van der Waals surface area contributed by atoms with Gasteiger partial charge in [-0.15, -0.1) is 0 Å². The molecule has 118 valence electrons. The Balaban J connectivity index is 2.14. The summed E-state index contributed by atoms with van der Waals surface area (Å²) in [5.74, 6) is 0.112. The van der Waals surface area contributed by atoms with E-state index in [1.54, 1.807) is 4.31 Å². The van der Waals surface area contributed by atoms with Crippen LogP contribution in [0.2, 0.25) is 0 Å². The molecule has 1 aliphatic rings. The van der Waals surface area contributed by atoms with E-state index in [0.29, 0.717) is 6.54 Å². The molecule has 1 unspecified atom stereocenters. The van der Waals surface area contributed by atoms with Crippen LogP contribution in [0.15, 0.2) is 24.3 Å². The Morgan fingerprint density at radius 1 is 1.29 bits per heavy atom. The highest BCUT2D eigenvalue weighted by Gasteiger charge is 2.31. The molecule has 1 aromatic carbocycles. The molecule has 21 heavy (non-hydrogen) atoms. The minimum absolute atomic E-state index is 0.112. The Bertz CT molecular complexity index is 557. The minimum Gasteiger partial charge on any atom is -0.316 e. The van der Waals surface area contributed by atoms with E-state index in [9.17, 15) is 8.42 Å². The van der Waals surface area contributed by atoms with Crippen LogP contribution in [-0.4, -0.2) is 32.4 Å². The molecule has 1 N–H and O–H groups in total. The second-order valence-corrected chi connectivity index (χ2v) is 7.70. The van der Waals surface area contributed by atoms with Crippen molar-refractivity contribution in [2.45, 2.75) is 50.9 Å². The third-order valence-corrected chi connectivity index (χ3v) is 6.02. The van der Waals surface area contributed by atoms with Gasteiger partial charge in [0, 0.05) is 19.1 Å². The van der Waals surface area contributed by atoms with E-state index in [-0.39, 0.29) is 11.8 Å². The fraction of sp³-hybridized carbons (Fsp3) is 0.625. The molecule has 0 aliphatic carbocycles. The van der Waals surface area contributed by atoms with Gasteiger partial charge < -0.3 is 5.32 Å². The molecule has 1 atom stereocenters. The van der Waals surface area contributed by atoms with E-state index in [0.717, 1.165) is 43.4 Å². The summed E-state index contributed by atoms with van der Waals surface area (Å²) in [6.45, 7) is 3.51. The van der Waals surface area contributed by atoms with Crippen LogP contribution in [0.1, 0.15) is 43.7 Å². The topological polar surface area (TPSA) is 49.4 Å². The normalized spacial score (nSPS) is 20.6. The highest BCUT2D eigenvalue weighted by molar-refractivity contribution is 7.88. The SMILES string of the molecule is CCC1CCCCN1S(=O)(=O)Cc1cccc(CNC)c1. The maximum absolute atomic E-state index is 12.7. The monoisotopic (exact) mass is 310 g/mol. The molecule has 1 saturated heterocycles. The molecule has 0 spiro atoms. The third kappa shape index (κ3) is 4.28. The smallest absolute Gasteiger partial charge is 0.218 e. The molecule has 0 radical (unpaired) electrons. The maximum atomic E-state index is 12.7. The molecule has 1 aliphatic heterocycles. The van der Waals surface area contributed by atoms with Crippen LogP contribution < -0.4 is 5.32 Å². The third-order valence-electron chi connectivity index (χ3n) is 4.12. The van der Waals surface area contributed by atoms with Gasteiger partial charge in [-0.3, -0.25) is 0 Å². The molecule has 2 rings (SSSR count). The standard InChI is InChI=1S/C16H26N2O2S/c1-3-16-9-4-5-10-18(16)21(19,20)13-15-8-6-7-14(11-15)12-17-2/h6-8,11,16-17H,3-5,9-10,12-13H2,1-2H3. The van der Waals surface area contributed by atoms with E-state index < -0.39 is 10.0 Å². The van der Waals surface area contributed by atoms with Crippen LogP contribution in [0.25, 0.3) is 0 Å². The van der Waals surface area contributed by atoms with Gasteiger partial charge in [0.15, 0.2) is 0 Å². The van der Waals surface area contributed by atoms with Crippen LogP contribution in [0.5, 0.6) is 0 Å². The molecular formula is C16H26N2O2S. The Labute approximate surface area is 128 Å². The van der Waals surface area contributed by atoms with Crippen molar-refractivity contribution in [3.05, 3.63) is 35.4 Å². The first-order valence-electron chi connectivity index (χ1n) is 7.78. The van der Waals surface area contributed by atoms with Gasteiger partial charge >= 0.3 is 0 Å². The number of rotatable bonds is 6. The number of hydrogen-bond donors (Lipinski definition) is 1. The van der Waals surface area contributed by atoms with Crippen molar-refractivity contribution in [1.82, 2.24) is 9.62 Å². The van der Waals surface area contributed by atoms with Crippen molar-refractivity contribution < 1.29 is 8.42 Å². The van der Waals surface area contributed by atoms with E-state index in [2.05, 4.69) is 12.2 Å². The van der Waals surface area contributed by atoms with Crippen LogP contribution in [0, 0.1) is 0 Å². The molecule has 1 heterocycles. The van der Waals surface area contributed by atoms with Crippen molar-refractivity contribution in [2.75, 3.05) is 13.6 Å². The zero-order valence-electron chi connectivity index (χ0n) is 13.0. The predicted molar refractivity (Wildman–Crippen MR) is 86.5 cm³/mol. The zero-order valence-corrected chi connectivity index (χ0v) is 13.8. The first kappa shape index (κ1) is 16.5. The predicted octanol–water partition coefficient (Wildman–Crippen LogP) is 2.50. The van der Waals surface area contributed by atoms with E-state index in [4.69, 9.17) is 0 Å². The van der Waals surface area contributed by atoms with Gasteiger partial charge in [-0.2, -0.15) is 4.31 Å². The van der Waals surface area contributed by atoms with Crippen LogP contribution in [-0.2, 0) is 22.3 Å². The van der Waals surface area contributed by atoms with E-state index in [1.807, 2.05) is 31.3 Å². The largest absolute Gasteiger partial charge is 0.316 e. The summed E-state index contributed by atoms with van der Waals surface area (Å²) in [6.07, 6.45) is 4.02. The van der Waals surface area contributed by atoms with Crippen molar-refractivity contribution in [3.63, 3.8) is 0 Å². The lowest BCUT2D eigenvalue weighted by Crippen LogP contribution is -2.43. The molecule has 1 aromatic rings. The first-order valence-corrected chi connectivity index (χ1v) is 9.39. The van der Waals surface area contributed by atoms with Crippen molar-refractivity contribution in [2.24, 2.45) is 0 Å². The summed E-state index contributed by atoms with van der Waals surface area (Å²) in [7, 11) is -1.32. The summed E-state index contributed by atoms with van der Waals surface area (Å²) >= 11 is 0. The summed E-state index contributed by atoms with van der Waals surface area (Å²) in [5, 5.41) is 3.09. The molecule has 5 heteroatoms. The highest BCUT2D eigenvalue weighted by Crippen LogP contribution is 2.24. The fourth-order valence-electron chi connectivity index (χ4n) is 3.08. The quantitative estimate of drug-likeness (QED) is 0.878. The number of benzene rings is 1. The fourth-order valence-corrected chi connectivity index (χ4v) is 4.96. The van der Waals surface area contributed by atoms with Gasteiger partial charge in [-0.1, -0.05) is 37.6 Å². The number of nitrogens with one attached hydrogen (secondary N) is 1. The second kappa shape index (κ2) is 7.38. The Kier molecular flexibility index (Phi) is 5.79. The van der Waals surface area contributed by atoms with Gasteiger partial charge in [0.25, 0.3) is 0 Å². The van der Waals surface area contributed by atoms with Crippen molar-refractivity contribution in [3.8, 4) is 0 Å². The zero-order chi connectivity index (χ0) is 15.3. The van der Waals surface area contributed by atoms with Crippen LogP contribution in [0.3, 0.4) is 0 Å². The first-order chi connectivity index (χ1) is 10.1. The van der Waals surface area contributed by atoms with Gasteiger partial charge in [0.05, 0.1) is 5.75 Å². The number of sulfonamides is 1. The lowest BCUT2D eigenvalue weighted by atomic mass is 10.0. The minimum atomic E-state index is -3.22. The molecule has 0 amide bonds. The molecule has 1 fully saturated rings. The average Bonchev–Trinajstić information content (AvgIpc) is 2.47. The van der Waals surface area contributed by atoms with Crippen LogP contribution in [0.4, 0.5) is 0 Å². The van der Waals surface area contributed by atoms with Crippen molar-refractivity contribution >= 4 is 10.0 Å². The Hall–Kier alpha value is -0.910. The number of nitrogens with zero attached hydrogens (tertiary/aromatic N) is 1. The Morgan fingerprint density at radius 3 is 2.76 bits per heavy atom. The van der Waals surface area contributed by atoms with Gasteiger partial charge in [0.1, 0.15) is 0 Å². The lowest BCUT2D eigenvalue weighted by Gasteiger charge is -2.34. The average molecular weight is 310 g/mol. The second-order valence-electron chi connectivity index (χ2n) is 5.78. The van der Waals surface area contributed by atoms with Crippen molar-refractivity contribution in [1.29, 1.82) is 0 Å². The lowest BCUT2D eigenvalue weighted by molar-refractivity contribution is 0.246.